The van der Waals surface area contributed by atoms with Crippen molar-refractivity contribution in [3.05, 3.63) is 48.4 Å². The lowest BCUT2D eigenvalue weighted by Crippen LogP contribution is -2.05. The average molecular weight is 264 g/mol. The van der Waals surface area contributed by atoms with Crippen LogP contribution in [0, 0.1) is 6.92 Å². The molecule has 0 amide bonds. The predicted octanol–water partition coefficient (Wildman–Crippen LogP) is 3.77. The Bertz CT molecular complexity index is 424. The molecule has 1 aromatic carbocycles. The number of benzene rings is 1. The molecule has 0 saturated heterocycles. The summed E-state index contributed by atoms with van der Waals surface area (Å²) in [7, 11) is 0. The molecule has 0 saturated carbocycles. The highest BCUT2D eigenvalue weighted by atomic mass is 17.2. The van der Waals surface area contributed by atoms with Crippen molar-refractivity contribution in [3.63, 3.8) is 0 Å². The molecule has 0 aliphatic rings. The summed E-state index contributed by atoms with van der Waals surface area (Å²) in [6, 6.07) is 5.65. The van der Waals surface area contributed by atoms with Crippen molar-refractivity contribution < 1.29 is 19.2 Å². The van der Waals surface area contributed by atoms with Crippen LogP contribution in [0.1, 0.15) is 19.4 Å². The molecule has 0 aromatic heterocycles. The Morgan fingerprint density at radius 2 is 1.79 bits per heavy atom. The van der Waals surface area contributed by atoms with Crippen LogP contribution in [0.4, 0.5) is 0 Å². The first kappa shape index (κ1) is 15.0. The van der Waals surface area contributed by atoms with E-state index in [1.807, 2.05) is 45.0 Å². The van der Waals surface area contributed by atoms with Gasteiger partial charge >= 0.3 is 0 Å². The molecular formula is C15H20O4. The first-order valence-electron chi connectivity index (χ1n) is 6.18. The molecule has 0 heterocycles. The zero-order valence-electron chi connectivity index (χ0n) is 11.6. The van der Waals surface area contributed by atoms with E-state index in [0.717, 1.165) is 5.56 Å². The minimum absolute atomic E-state index is 0.438. The van der Waals surface area contributed by atoms with Crippen molar-refractivity contribution in [1.82, 2.24) is 0 Å². The van der Waals surface area contributed by atoms with Crippen molar-refractivity contribution in [2.75, 3.05) is 13.2 Å². The summed E-state index contributed by atoms with van der Waals surface area (Å²) in [5.41, 5.74) is 1.07. The number of hydrogen-bond acceptors (Lipinski definition) is 4. The van der Waals surface area contributed by atoms with E-state index in [1.165, 1.54) is 6.26 Å². The molecule has 1 rings (SSSR count). The zero-order chi connectivity index (χ0) is 13.9. The third-order valence-corrected chi connectivity index (χ3v) is 2.12. The summed E-state index contributed by atoms with van der Waals surface area (Å²) in [6.45, 7) is 6.63. The molecule has 19 heavy (non-hydrogen) atoms. The summed E-state index contributed by atoms with van der Waals surface area (Å²) < 4.78 is 10.8. The molecule has 0 bridgehead atoms. The van der Waals surface area contributed by atoms with Crippen LogP contribution in [0.15, 0.2) is 42.9 Å². The molecule has 0 fully saturated rings. The van der Waals surface area contributed by atoms with Crippen LogP contribution < -0.4 is 9.62 Å². The highest BCUT2D eigenvalue weighted by Gasteiger charge is 2.06. The van der Waals surface area contributed by atoms with Gasteiger partial charge in [0, 0.05) is 0 Å². The lowest BCUT2D eigenvalue weighted by molar-refractivity contribution is -0.150. The number of allylic oxidation sites excluding steroid dienone is 2. The maximum atomic E-state index is 5.58. The van der Waals surface area contributed by atoms with E-state index in [2.05, 4.69) is 0 Å². The third-order valence-electron chi connectivity index (χ3n) is 2.12. The van der Waals surface area contributed by atoms with Gasteiger partial charge in [-0.3, -0.25) is 9.78 Å². The van der Waals surface area contributed by atoms with Crippen LogP contribution in [0.5, 0.6) is 11.5 Å². The van der Waals surface area contributed by atoms with Gasteiger partial charge in [0.2, 0.25) is 5.75 Å². The Morgan fingerprint density at radius 3 is 2.53 bits per heavy atom. The second kappa shape index (κ2) is 8.91. The van der Waals surface area contributed by atoms with E-state index in [4.69, 9.17) is 19.2 Å². The van der Waals surface area contributed by atoms with E-state index in [1.54, 1.807) is 12.3 Å². The van der Waals surface area contributed by atoms with Crippen LogP contribution in [-0.2, 0) is 9.62 Å². The smallest absolute Gasteiger partial charge is 0.220 e. The minimum atomic E-state index is 0.438. The van der Waals surface area contributed by atoms with Crippen molar-refractivity contribution in [1.29, 1.82) is 0 Å². The summed E-state index contributed by atoms with van der Waals surface area (Å²) in [5, 5.41) is 0. The van der Waals surface area contributed by atoms with Crippen molar-refractivity contribution in [2.45, 2.75) is 20.8 Å². The fourth-order valence-corrected chi connectivity index (χ4v) is 1.30. The molecule has 4 heteroatoms. The fraction of sp³-hybridized carbons (Fsp3) is 0.333. The van der Waals surface area contributed by atoms with Gasteiger partial charge < -0.3 is 9.47 Å². The zero-order valence-corrected chi connectivity index (χ0v) is 11.6. The second-order valence-electron chi connectivity index (χ2n) is 3.79. The van der Waals surface area contributed by atoms with E-state index in [9.17, 15) is 0 Å². The van der Waals surface area contributed by atoms with Gasteiger partial charge in [0.25, 0.3) is 0 Å². The van der Waals surface area contributed by atoms with E-state index in [-0.39, 0.29) is 0 Å². The lowest BCUT2D eigenvalue weighted by atomic mass is 10.2. The van der Waals surface area contributed by atoms with Gasteiger partial charge in [-0.15, -0.1) is 0 Å². The summed E-state index contributed by atoms with van der Waals surface area (Å²) in [6.07, 6.45) is 6.65. The normalized spacial score (nSPS) is 10.9. The Labute approximate surface area is 114 Å². The number of aryl methyl sites for hydroxylation is 1. The first-order valence-corrected chi connectivity index (χ1v) is 6.18. The molecule has 0 unspecified atom stereocenters. The molecule has 4 nitrogen and oxygen atoms in total. The van der Waals surface area contributed by atoms with Crippen LogP contribution in [-0.4, -0.2) is 13.2 Å². The number of ether oxygens (including phenoxy) is 2. The molecule has 104 valence electrons. The van der Waals surface area contributed by atoms with Gasteiger partial charge in [0.05, 0.1) is 6.26 Å². The van der Waals surface area contributed by atoms with Gasteiger partial charge in [-0.25, -0.2) is 0 Å². The lowest BCUT2D eigenvalue weighted by Gasteiger charge is -2.11. The van der Waals surface area contributed by atoms with Gasteiger partial charge in [0.1, 0.15) is 19.5 Å². The van der Waals surface area contributed by atoms with Gasteiger partial charge in [-0.2, -0.15) is 0 Å². The molecule has 0 aliphatic carbocycles. The minimum Gasteiger partial charge on any atom is -0.498 e. The summed E-state index contributed by atoms with van der Waals surface area (Å²) >= 11 is 0. The standard InChI is InChI=1S/C15H20O4/c1-4-8-16-10-11-17-14-7-6-13(3)12-15(14)19-18-9-5-2/h4-9,12H,10-11H2,1-3H3/b8-4-,9-5+. The van der Waals surface area contributed by atoms with Crippen molar-refractivity contribution in [3.8, 4) is 11.5 Å². The maximum Gasteiger partial charge on any atom is 0.220 e. The molecule has 0 spiro atoms. The van der Waals surface area contributed by atoms with E-state index < -0.39 is 0 Å². The van der Waals surface area contributed by atoms with Gasteiger partial charge in [-0.05, 0) is 44.5 Å². The molecule has 0 atom stereocenters. The Kier molecular flexibility index (Phi) is 7.02. The summed E-state index contributed by atoms with van der Waals surface area (Å²) in [4.78, 5) is 10.1. The van der Waals surface area contributed by atoms with Gasteiger partial charge in [0.15, 0.2) is 5.75 Å². The highest BCUT2D eigenvalue weighted by molar-refractivity contribution is 5.42. The molecule has 0 N–H and O–H groups in total. The quantitative estimate of drug-likeness (QED) is 0.310. The Balaban J connectivity index is 2.54. The van der Waals surface area contributed by atoms with Crippen LogP contribution >= 0.6 is 0 Å². The fourth-order valence-electron chi connectivity index (χ4n) is 1.30. The number of rotatable bonds is 8. The first-order chi connectivity index (χ1) is 9.27. The van der Waals surface area contributed by atoms with Gasteiger partial charge in [-0.1, -0.05) is 12.1 Å². The Hall–Kier alpha value is -2.10. The molecular weight excluding hydrogens is 244 g/mol. The van der Waals surface area contributed by atoms with E-state index >= 15 is 0 Å². The molecule has 0 radical (unpaired) electrons. The van der Waals surface area contributed by atoms with Crippen molar-refractivity contribution >= 4 is 0 Å². The average Bonchev–Trinajstić information content (AvgIpc) is 2.41. The maximum absolute atomic E-state index is 5.58. The second-order valence-corrected chi connectivity index (χ2v) is 3.79. The SMILES string of the molecule is C/C=C\OCCOc1ccc(C)cc1OO/C=C/C. The molecule has 0 aliphatic heterocycles. The third kappa shape index (κ3) is 5.86. The topological polar surface area (TPSA) is 36.9 Å². The van der Waals surface area contributed by atoms with E-state index in [0.29, 0.717) is 24.7 Å². The summed E-state index contributed by atoms with van der Waals surface area (Å²) in [5.74, 6) is 1.17. The van der Waals surface area contributed by atoms with Crippen LogP contribution in [0.3, 0.4) is 0 Å². The predicted molar refractivity (Wildman–Crippen MR) is 74.0 cm³/mol. The Morgan fingerprint density at radius 1 is 1.00 bits per heavy atom. The highest BCUT2D eigenvalue weighted by Crippen LogP contribution is 2.28. The monoisotopic (exact) mass is 264 g/mol. The van der Waals surface area contributed by atoms with Crippen molar-refractivity contribution in [2.24, 2.45) is 0 Å². The number of hydrogen-bond donors (Lipinski definition) is 0. The van der Waals surface area contributed by atoms with Crippen LogP contribution in [0.25, 0.3) is 0 Å². The largest absolute Gasteiger partial charge is 0.498 e. The van der Waals surface area contributed by atoms with Crippen LogP contribution in [0.2, 0.25) is 0 Å². The molecule has 1 aromatic rings.